The van der Waals surface area contributed by atoms with Crippen molar-refractivity contribution in [2.24, 2.45) is 0 Å². The highest BCUT2D eigenvalue weighted by atomic mass is 16.5. The van der Waals surface area contributed by atoms with E-state index in [1.54, 1.807) is 27.5 Å². The van der Waals surface area contributed by atoms with E-state index in [0.29, 0.717) is 6.10 Å². The zero-order valence-electron chi connectivity index (χ0n) is 12.1. The fraction of sp³-hybridized carbons (Fsp3) is 0.769. The first-order valence-corrected chi connectivity index (χ1v) is 6.65. The Morgan fingerprint density at radius 1 is 1.53 bits per heavy atom. The summed E-state index contributed by atoms with van der Waals surface area (Å²) in [5.41, 5.74) is -0.692. The first kappa shape index (κ1) is 14.6. The van der Waals surface area contributed by atoms with Gasteiger partial charge in [-0.2, -0.15) is 5.10 Å². The van der Waals surface area contributed by atoms with E-state index >= 15 is 0 Å². The zero-order chi connectivity index (χ0) is 14.1. The molecule has 0 saturated carbocycles. The Morgan fingerprint density at radius 3 is 2.74 bits per heavy atom. The van der Waals surface area contributed by atoms with Crippen LogP contribution in [0, 0.1) is 0 Å². The van der Waals surface area contributed by atoms with Crippen LogP contribution in [0.15, 0.2) is 12.4 Å². The average Bonchev–Trinajstić information content (AvgIpc) is 2.67. The van der Waals surface area contributed by atoms with Gasteiger partial charge in [0.05, 0.1) is 23.9 Å². The minimum Gasteiger partial charge on any atom is -0.427 e. The molecule has 1 atom stereocenters. The molecule has 6 heteroatoms. The van der Waals surface area contributed by atoms with Crippen LogP contribution < -0.4 is 5.46 Å². The van der Waals surface area contributed by atoms with E-state index in [1.807, 2.05) is 24.7 Å². The third-order valence-corrected chi connectivity index (χ3v) is 3.80. The van der Waals surface area contributed by atoms with Gasteiger partial charge in [-0.1, -0.05) is 0 Å². The third kappa shape index (κ3) is 3.58. The van der Waals surface area contributed by atoms with Crippen LogP contribution in [0.3, 0.4) is 0 Å². The summed E-state index contributed by atoms with van der Waals surface area (Å²) in [5, 5.41) is 14.3. The topological polar surface area (TPSA) is 56.5 Å². The Labute approximate surface area is 115 Å². The summed E-state index contributed by atoms with van der Waals surface area (Å²) >= 11 is 0. The molecule has 0 spiro atoms. The van der Waals surface area contributed by atoms with E-state index in [9.17, 15) is 5.11 Å². The molecule has 105 valence electrons. The van der Waals surface area contributed by atoms with E-state index < -0.39 is 11.2 Å². The fourth-order valence-electron chi connectivity index (χ4n) is 1.54. The lowest BCUT2D eigenvalue weighted by atomic mass is 9.84. The molecule has 1 saturated heterocycles. The number of nitrogens with zero attached hydrogens (tertiary/aromatic N) is 2. The number of aromatic nitrogens is 2. The third-order valence-electron chi connectivity index (χ3n) is 3.80. The van der Waals surface area contributed by atoms with Gasteiger partial charge in [-0.3, -0.25) is 4.68 Å². The number of rotatable bonds is 6. The van der Waals surface area contributed by atoms with Crippen molar-refractivity contribution in [3.63, 3.8) is 0 Å². The van der Waals surface area contributed by atoms with E-state index in [-0.39, 0.29) is 0 Å². The molecule has 1 fully saturated rings. The van der Waals surface area contributed by atoms with Crippen LogP contribution in [0.1, 0.15) is 34.1 Å². The standard InChI is InChI=1S/C13H22BN2O3/c1-12(2,17)13(3,4)19-14-10-7-15-16(8-10)9-11-5-6-18-11/h7-8,11,17H,5-6,9H2,1-4H3. The maximum atomic E-state index is 10.0. The molecular weight excluding hydrogens is 243 g/mol. The number of hydrogen-bond donors (Lipinski definition) is 1. The molecule has 1 aromatic heterocycles. The summed E-state index contributed by atoms with van der Waals surface area (Å²) in [6, 6.07) is 0. The predicted octanol–water partition coefficient (Wildman–Crippen LogP) is 0.483. The lowest BCUT2D eigenvalue weighted by molar-refractivity contribution is -0.0893. The fourth-order valence-corrected chi connectivity index (χ4v) is 1.54. The van der Waals surface area contributed by atoms with Gasteiger partial charge in [-0.05, 0) is 39.6 Å². The highest BCUT2D eigenvalue weighted by molar-refractivity contribution is 6.46. The minimum absolute atomic E-state index is 0.293. The van der Waals surface area contributed by atoms with E-state index in [4.69, 9.17) is 9.39 Å². The summed E-state index contributed by atoms with van der Waals surface area (Å²) in [7, 11) is 1.64. The Kier molecular flexibility index (Phi) is 4.04. The highest BCUT2D eigenvalue weighted by Gasteiger charge is 2.35. The average molecular weight is 265 g/mol. The molecule has 2 rings (SSSR count). The van der Waals surface area contributed by atoms with E-state index in [1.165, 1.54) is 0 Å². The molecule has 19 heavy (non-hydrogen) atoms. The summed E-state index contributed by atoms with van der Waals surface area (Å²) in [4.78, 5) is 0. The van der Waals surface area contributed by atoms with E-state index in [2.05, 4.69) is 5.10 Å². The van der Waals surface area contributed by atoms with Crippen molar-refractivity contribution in [1.82, 2.24) is 9.78 Å². The lowest BCUT2D eigenvalue weighted by Crippen LogP contribution is -2.49. The van der Waals surface area contributed by atoms with Crippen molar-refractivity contribution >= 4 is 12.9 Å². The smallest absolute Gasteiger partial charge is 0.334 e. The second-order valence-electron chi connectivity index (χ2n) is 6.08. The zero-order valence-corrected chi connectivity index (χ0v) is 12.1. The van der Waals surface area contributed by atoms with Crippen LogP contribution in [0.5, 0.6) is 0 Å². The van der Waals surface area contributed by atoms with Gasteiger partial charge in [-0.15, -0.1) is 0 Å². The maximum absolute atomic E-state index is 10.0. The molecule has 0 aromatic carbocycles. The molecule has 0 aliphatic carbocycles. The Morgan fingerprint density at radius 2 is 2.21 bits per heavy atom. The van der Waals surface area contributed by atoms with Gasteiger partial charge in [0.2, 0.25) is 0 Å². The van der Waals surface area contributed by atoms with Crippen LogP contribution in [0.25, 0.3) is 0 Å². The number of hydrogen-bond acceptors (Lipinski definition) is 4. The van der Waals surface area contributed by atoms with Crippen LogP contribution in [0.2, 0.25) is 0 Å². The minimum atomic E-state index is -0.917. The molecule has 1 aliphatic heterocycles. The van der Waals surface area contributed by atoms with Crippen molar-refractivity contribution < 1.29 is 14.5 Å². The number of aliphatic hydroxyl groups is 1. The first-order chi connectivity index (χ1) is 8.78. The molecule has 1 N–H and O–H groups in total. The molecule has 5 nitrogen and oxygen atoms in total. The van der Waals surface area contributed by atoms with Crippen LogP contribution in [-0.4, -0.2) is 46.3 Å². The quantitative estimate of drug-likeness (QED) is 0.760. The Balaban J connectivity index is 1.86. The summed E-state index contributed by atoms with van der Waals surface area (Å²) in [5.74, 6) is 0. The normalized spacial score (nSPS) is 20.2. The van der Waals surface area contributed by atoms with Crippen molar-refractivity contribution in [3.05, 3.63) is 12.4 Å². The van der Waals surface area contributed by atoms with Gasteiger partial charge in [-0.25, -0.2) is 0 Å². The first-order valence-electron chi connectivity index (χ1n) is 6.65. The van der Waals surface area contributed by atoms with Gasteiger partial charge in [0.15, 0.2) is 0 Å². The lowest BCUT2D eigenvalue weighted by Gasteiger charge is -2.37. The summed E-state index contributed by atoms with van der Waals surface area (Å²) in [6.07, 6.45) is 5.06. The van der Waals surface area contributed by atoms with Gasteiger partial charge in [0, 0.05) is 19.0 Å². The van der Waals surface area contributed by atoms with Crippen LogP contribution in [0.4, 0.5) is 0 Å². The molecule has 1 unspecified atom stereocenters. The van der Waals surface area contributed by atoms with Gasteiger partial charge >= 0.3 is 7.48 Å². The van der Waals surface area contributed by atoms with Crippen molar-refractivity contribution in [2.75, 3.05) is 6.61 Å². The van der Waals surface area contributed by atoms with Gasteiger partial charge < -0.3 is 14.5 Å². The van der Waals surface area contributed by atoms with E-state index in [0.717, 1.165) is 25.0 Å². The SMILES string of the molecule is CC(C)(O)C(C)(C)O[B]c1cnn(CC2CCO2)c1. The molecule has 2 heterocycles. The molecule has 1 aliphatic rings. The maximum Gasteiger partial charge on any atom is 0.334 e. The Hall–Kier alpha value is -0.845. The molecule has 0 amide bonds. The molecule has 1 radical (unpaired) electrons. The van der Waals surface area contributed by atoms with Crippen LogP contribution >= 0.6 is 0 Å². The molecule has 0 bridgehead atoms. The van der Waals surface area contributed by atoms with Crippen molar-refractivity contribution in [1.29, 1.82) is 0 Å². The monoisotopic (exact) mass is 265 g/mol. The molecule has 1 aromatic rings. The summed E-state index contributed by atoms with van der Waals surface area (Å²) < 4.78 is 12.9. The van der Waals surface area contributed by atoms with Crippen molar-refractivity contribution in [2.45, 2.75) is 58.0 Å². The van der Waals surface area contributed by atoms with Crippen LogP contribution in [-0.2, 0) is 15.9 Å². The highest BCUT2D eigenvalue weighted by Crippen LogP contribution is 2.24. The van der Waals surface area contributed by atoms with Gasteiger partial charge in [0.1, 0.15) is 0 Å². The predicted molar refractivity (Wildman–Crippen MR) is 73.4 cm³/mol. The number of ether oxygens (including phenoxy) is 1. The Bertz CT molecular complexity index is 422. The summed E-state index contributed by atoms with van der Waals surface area (Å²) in [6.45, 7) is 8.82. The second-order valence-corrected chi connectivity index (χ2v) is 6.08. The molecular formula is C13H22BN2O3. The van der Waals surface area contributed by atoms with Crippen molar-refractivity contribution in [3.8, 4) is 0 Å². The van der Waals surface area contributed by atoms with Gasteiger partial charge in [0.25, 0.3) is 0 Å². The largest absolute Gasteiger partial charge is 0.427 e. The second kappa shape index (κ2) is 5.27.